The van der Waals surface area contributed by atoms with E-state index in [0.717, 1.165) is 10.5 Å². The van der Waals surface area contributed by atoms with Crippen LogP contribution < -0.4 is 20.5 Å². The molecule has 246 valence electrons. The van der Waals surface area contributed by atoms with Gasteiger partial charge in [0.2, 0.25) is 0 Å². The Morgan fingerprint density at radius 1 is 1.19 bits per heavy atom. The first-order chi connectivity index (χ1) is 22.9. The van der Waals surface area contributed by atoms with Crippen molar-refractivity contribution < 1.29 is 32.9 Å². The summed E-state index contributed by atoms with van der Waals surface area (Å²) >= 11 is 9.51. The molecule has 2 aromatic heterocycles. The summed E-state index contributed by atoms with van der Waals surface area (Å²) in [5, 5.41) is 15.8. The number of aromatic nitrogens is 2. The molecule has 1 saturated heterocycles. The first-order valence-electron chi connectivity index (χ1n) is 14.9. The number of carbonyl (C=O) groups is 1. The van der Waals surface area contributed by atoms with Crippen molar-refractivity contribution in [3.8, 4) is 22.8 Å². The third-order valence-electron chi connectivity index (χ3n) is 8.90. The Morgan fingerprint density at radius 2 is 1.94 bits per heavy atom. The van der Waals surface area contributed by atoms with Gasteiger partial charge in [-0.3, -0.25) is 9.78 Å². The smallest absolute Gasteiger partial charge is 0.251 e. The first-order valence-corrected chi connectivity index (χ1v) is 16.0. The van der Waals surface area contributed by atoms with Crippen LogP contribution in [0.3, 0.4) is 0 Å². The first kappa shape index (κ1) is 32.4. The fourth-order valence-electron chi connectivity index (χ4n) is 6.21. The molecule has 4 atom stereocenters. The monoisotopic (exact) mass is 736 g/mol. The second-order valence-electron chi connectivity index (χ2n) is 12.0. The zero-order valence-electron chi connectivity index (χ0n) is 25.6. The molecule has 2 unspecified atom stereocenters. The van der Waals surface area contributed by atoms with Crippen LogP contribution in [0.15, 0.2) is 77.4 Å². The molecule has 3 aromatic carbocycles. The van der Waals surface area contributed by atoms with Crippen molar-refractivity contribution in [2.24, 2.45) is 5.73 Å². The number of nitrogens with two attached hydrogens (primary N) is 1. The van der Waals surface area contributed by atoms with Gasteiger partial charge in [-0.1, -0.05) is 41.9 Å². The lowest BCUT2D eigenvalue weighted by Gasteiger charge is -2.30. The number of hydrogen-bond acceptors (Lipinski definition) is 8. The average Bonchev–Trinajstić information content (AvgIpc) is 3.74. The molecule has 2 aliphatic rings. The summed E-state index contributed by atoms with van der Waals surface area (Å²) in [6.07, 6.45) is 0.655. The highest BCUT2D eigenvalue weighted by Gasteiger charge is 2.56. The molecule has 48 heavy (non-hydrogen) atoms. The van der Waals surface area contributed by atoms with E-state index in [1.807, 2.05) is 13.0 Å². The number of aliphatic hydroxyl groups is 1. The van der Waals surface area contributed by atoms with E-state index in [0.29, 0.717) is 33.8 Å². The zero-order valence-corrected chi connectivity index (χ0v) is 27.9. The van der Waals surface area contributed by atoms with Crippen molar-refractivity contribution in [2.75, 3.05) is 20.3 Å². The average molecular weight is 738 g/mol. The molecule has 4 heterocycles. The Kier molecular flexibility index (Phi) is 8.12. The summed E-state index contributed by atoms with van der Waals surface area (Å²) in [6.45, 7) is 1.67. The van der Waals surface area contributed by atoms with Crippen LogP contribution in [0.25, 0.3) is 22.2 Å². The summed E-state index contributed by atoms with van der Waals surface area (Å²) in [5.74, 6) is -1.75. The van der Waals surface area contributed by atoms with E-state index in [1.54, 1.807) is 54.7 Å². The van der Waals surface area contributed by atoms with Crippen LogP contribution >= 0.6 is 27.5 Å². The Morgan fingerprint density at radius 3 is 2.65 bits per heavy atom. The van der Waals surface area contributed by atoms with Crippen molar-refractivity contribution >= 4 is 44.3 Å². The maximum atomic E-state index is 15.4. The second-order valence-corrected chi connectivity index (χ2v) is 13.3. The number of benzene rings is 3. The van der Waals surface area contributed by atoms with Crippen molar-refractivity contribution in [1.82, 2.24) is 15.3 Å². The van der Waals surface area contributed by atoms with E-state index in [4.69, 9.17) is 36.5 Å². The Bertz CT molecular complexity index is 2110. The number of halogens is 4. The number of hydrogen-bond donors (Lipinski definition) is 3. The van der Waals surface area contributed by atoms with E-state index < -0.39 is 40.9 Å². The number of ether oxygens (including phenoxy) is 3. The maximum absolute atomic E-state index is 15.4. The topological polar surface area (TPSA) is 132 Å². The summed E-state index contributed by atoms with van der Waals surface area (Å²) in [4.78, 5) is 22.8. The highest BCUT2D eigenvalue weighted by Crippen LogP contribution is 2.52. The third-order valence-corrected chi connectivity index (χ3v) is 9.62. The quantitative estimate of drug-likeness (QED) is 0.131. The molecule has 0 radical (unpaired) electrons. The van der Waals surface area contributed by atoms with Crippen LogP contribution in [0.2, 0.25) is 5.02 Å². The fourth-order valence-corrected chi connectivity index (χ4v) is 6.73. The van der Waals surface area contributed by atoms with Gasteiger partial charge in [0.25, 0.3) is 5.91 Å². The highest BCUT2D eigenvalue weighted by molar-refractivity contribution is 9.10. The second kappa shape index (κ2) is 12.0. The van der Waals surface area contributed by atoms with Crippen molar-refractivity contribution in [3.05, 3.63) is 116 Å². The molecule has 0 bridgehead atoms. The van der Waals surface area contributed by atoms with Crippen LogP contribution in [0.5, 0.6) is 11.5 Å². The van der Waals surface area contributed by atoms with E-state index in [-0.39, 0.29) is 46.4 Å². The Balaban J connectivity index is 1.36. The lowest BCUT2D eigenvalue weighted by atomic mass is 9.78. The zero-order chi connectivity index (χ0) is 34.0. The molecule has 4 N–H and O–H groups in total. The molecule has 1 amide bonds. The summed E-state index contributed by atoms with van der Waals surface area (Å²) in [6, 6.07) is 17.1. The molecular weight excluding hydrogens is 710 g/mol. The van der Waals surface area contributed by atoms with Gasteiger partial charge in [0.1, 0.15) is 58.9 Å². The van der Waals surface area contributed by atoms with Crippen LogP contribution in [-0.2, 0) is 15.8 Å². The largest absolute Gasteiger partial charge is 0.494 e. The molecular formula is C35H28BrClF2N4O5. The molecule has 0 spiro atoms. The van der Waals surface area contributed by atoms with Crippen molar-refractivity contribution in [2.45, 2.75) is 30.3 Å². The normalized spacial score (nSPS) is 20.9. The number of carbonyl (C=O) groups excluding carboxylic acids is 1. The lowest BCUT2D eigenvalue weighted by Crippen LogP contribution is -2.42. The third kappa shape index (κ3) is 5.47. The van der Waals surface area contributed by atoms with Crippen LogP contribution in [-0.4, -0.2) is 53.6 Å². The molecule has 0 aliphatic carbocycles. The van der Waals surface area contributed by atoms with Gasteiger partial charge in [-0.15, -0.1) is 0 Å². The summed E-state index contributed by atoms with van der Waals surface area (Å²) < 4.78 is 47.6. The Hall–Kier alpha value is -4.20. The van der Waals surface area contributed by atoms with E-state index in [9.17, 15) is 14.3 Å². The highest BCUT2D eigenvalue weighted by atomic mass is 79.9. The SMILES string of the molecule is COc1cc(C(=O)NC[C@@](O)(c2ccccc2)c2cc3c(c(-c4cc(Cl)c(F)cc4F)n2)OC[C@]3(C)C2OC2N)cc2cc(Br)cnc12. The lowest BCUT2D eigenvalue weighted by molar-refractivity contribution is 0.0666. The minimum absolute atomic E-state index is 0.00197. The Labute approximate surface area is 287 Å². The minimum atomic E-state index is -1.96. The van der Waals surface area contributed by atoms with Gasteiger partial charge >= 0.3 is 0 Å². The van der Waals surface area contributed by atoms with Gasteiger partial charge in [0.15, 0.2) is 0 Å². The molecule has 7 rings (SSSR count). The standard InChI is InChI=1S/C35H28BrClF2N4O5/c1-34(31-32(40)48-31)16-47-30-22(34)12-27(43-29(30)21-11-23(37)25(39)13-24(21)38)35(45,19-6-4-3-5-7-19)15-42-33(44)18-8-17-9-20(36)14-41-28(17)26(10-18)46-2/h3-14,31-32,45H,15-16,40H2,1-2H3,(H,42,44)/t31?,32?,34-,35+/m0/s1. The van der Waals surface area contributed by atoms with Gasteiger partial charge in [-0.2, -0.15) is 0 Å². The van der Waals surface area contributed by atoms with Crippen LogP contribution in [0.4, 0.5) is 8.78 Å². The van der Waals surface area contributed by atoms with Gasteiger partial charge in [0, 0.05) is 38.8 Å². The number of epoxide rings is 1. The van der Waals surface area contributed by atoms with Gasteiger partial charge in [-0.05, 0) is 58.7 Å². The predicted octanol–water partition coefficient (Wildman–Crippen LogP) is 6.00. The number of nitrogens with one attached hydrogen (secondary N) is 1. The number of nitrogens with zero attached hydrogens (tertiary/aromatic N) is 2. The van der Waals surface area contributed by atoms with Crippen molar-refractivity contribution in [1.29, 1.82) is 0 Å². The summed E-state index contributed by atoms with van der Waals surface area (Å²) in [7, 11) is 1.49. The van der Waals surface area contributed by atoms with Gasteiger partial charge < -0.3 is 30.4 Å². The molecule has 2 aliphatic heterocycles. The van der Waals surface area contributed by atoms with E-state index >= 15 is 4.39 Å². The number of rotatable bonds is 8. The van der Waals surface area contributed by atoms with E-state index in [2.05, 4.69) is 26.2 Å². The van der Waals surface area contributed by atoms with Crippen LogP contribution in [0.1, 0.15) is 34.1 Å². The maximum Gasteiger partial charge on any atom is 0.251 e. The number of fused-ring (bicyclic) bond motifs is 2. The minimum Gasteiger partial charge on any atom is -0.494 e. The van der Waals surface area contributed by atoms with Crippen molar-refractivity contribution in [3.63, 3.8) is 0 Å². The number of pyridine rings is 2. The van der Waals surface area contributed by atoms with Gasteiger partial charge in [-0.25, -0.2) is 13.8 Å². The van der Waals surface area contributed by atoms with E-state index in [1.165, 1.54) is 7.11 Å². The molecule has 1 fully saturated rings. The number of methoxy groups -OCH3 is 1. The molecule has 0 saturated carbocycles. The van der Waals surface area contributed by atoms with Crippen LogP contribution in [0, 0.1) is 11.6 Å². The fraction of sp³-hybridized carbons (Fsp3) is 0.229. The molecule has 13 heteroatoms. The van der Waals surface area contributed by atoms with Gasteiger partial charge in [0.05, 0.1) is 29.8 Å². The molecule has 5 aromatic rings. The predicted molar refractivity (Wildman–Crippen MR) is 178 cm³/mol. The molecule has 9 nitrogen and oxygen atoms in total. The number of amides is 1. The summed E-state index contributed by atoms with van der Waals surface area (Å²) in [5.41, 5.74) is 5.05.